The van der Waals surface area contributed by atoms with Gasteiger partial charge in [-0.2, -0.15) is 0 Å². The number of carbonyl (C=O) groups excluding carboxylic acids is 1. The van der Waals surface area contributed by atoms with Gasteiger partial charge in [-0.15, -0.1) is 0 Å². The standard InChI is InChI=1S/C19H23ClN2O4S/c1-5-18(19(23)21-14-7-6-13(2)17(20)12-14)26-16-10-8-15(9-11-16)22(3)27(4,24)25/h6-12,18H,5H2,1-4H3,(H,21,23)/t18-/m0/s1. The Morgan fingerprint density at radius 2 is 1.85 bits per heavy atom. The number of ether oxygens (including phenoxy) is 1. The van der Waals surface area contributed by atoms with Crippen LogP contribution >= 0.6 is 11.6 Å². The normalized spacial score (nSPS) is 12.3. The van der Waals surface area contributed by atoms with Crippen LogP contribution in [0.5, 0.6) is 5.75 Å². The number of hydrogen-bond acceptors (Lipinski definition) is 4. The predicted octanol–water partition coefficient (Wildman–Crippen LogP) is 3.84. The third-order valence-electron chi connectivity index (χ3n) is 4.08. The molecule has 0 aromatic heterocycles. The predicted molar refractivity (Wildman–Crippen MR) is 109 cm³/mol. The SMILES string of the molecule is CC[C@H](Oc1ccc(N(C)S(C)(=O)=O)cc1)C(=O)Nc1ccc(C)c(Cl)c1. The number of rotatable bonds is 7. The van der Waals surface area contributed by atoms with Gasteiger partial charge >= 0.3 is 0 Å². The summed E-state index contributed by atoms with van der Waals surface area (Å²) < 4.78 is 30.1. The van der Waals surface area contributed by atoms with Crippen molar-refractivity contribution in [2.24, 2.45) is 0 Å². The molecule has 1 atom stereocenters. The zero-order valence-corrected chi connectivity index (χ0v) is 17.3. The zero-order chi connectivity index (χ0) is 20.2. The number of carbonyl (C=O) groups is 1. The summed E-state index contributed by atoms with van der Waals surface area (Å²) in [5.41, 5.74) is 2.04. The van der Waals surface area contributed by atoms with Crippen LogP contribution in [0.3, 0.4) is 0 Å². The lowest BCUT2D eigenvalue weighted by Gasteiger charge is -2.19. The first kappa shape index (κ1) is 21.1. The molecule has 0 aliphatic carbocycles. The van der Waals surface area contributed by atoms with E-state index in [2.05, 4.69) is 5.32 Å². The Balaban J connectivity index is 2.07. The largest absolute Gasteiger partial charge is 0.481 e. The second kappa shape index (κ2) is 8.63. The minimum atomic E-state index is -3.33. The molecular formula is C19H23ClN2O4S. The topological polar surface area (TPSA) is 75.7 Å². The molecule has 27 heavy (non-hydrogen) atoms. The highest BCUT2D eigenvalue weighted by molar-refractivity contribution is 7.92. The minimum Gasteiger partial charge on any atom is -0.481 e. The van der Waals surface area contributed by atoms with Crippen LogP contribution < -0.4 is 14.4 Å². The molecule has 146 valence electrons. The summed E-state index contributed by atoms with van der Waals surface area (Å²) >= 11 is 6.08. The van der Waals surface area contributed by atoms with Gasteiger partial charge in [0.25, 0.3) is 5.91 Å². The van der Waals surface area contributed by atoms with Crippen LogP contribution in [0.1, 0.15) is 18.9 Å². The van der Waals surface area contributed by atoms with Gasteiger partial charge in [0.1, 0.15) is 5.75 Å². The fourth-order valence-corrected chi connectivity index (χ4v) is 2.99. The Labute approximate surface area is 165 Å². The Bertz CT molecular complexity index is 914. The zero-order valence-electron chi connectivity index (χ0n) is 15.7. The van der Waals surface area contributed by atoms with Crippen LogP contribution in [0.4, 0.5) is 11.4 Å². The van der Waals surface area contributed by atoms with Gasteiger partial charge in [0.05, 0.1) is 11.9 Å². The first-order valence-electron chi connectivity index (χ1n) is 8.39. The highest BCUT2D eigenvalue weighted by Crippen LogP contribution is 2.23. The number of nitrogens with one attached hydrogen (secondary N) is 1. The molecule has 0 aliphatic heterocycles. The third-order valence-corrected chi connectivity index (χ3v) is 5.69. The molecule has 0 heterocycles. The summed E-state index contributed by atoms with van der Waals surface area (Å²) in [7, 11) is -1.86. The average Bonchev–Trinajstić information content (AvgIpc) is 2.61. The molecule has 0 saturated carbocycles. The number of nitrogens with zero attached hydrogens (tertiary/aromatic N) is 1. The number of aryl methyl sites for hydroxylation is 1. The molecule has 0 bridgehead atoms. The van der Waals surface area contributed by atoms with Crippen LogP contribution in [0.25, 0.3) is 0 Å². The van der Waals surface area contributed by atoms with Gasteiger partial charge in [-0.1, -0.05) is 24.6 Å². The number of hydrogen-bond donors (Lipinski definition) is 1. The van der Waals surface area contributed by atoms with E-state index in [1.54, 1.807) is 36.4 Å². The van der Waals surface area contributed by atoms with Crippen LogP contribution in [0.15, 0.2) is 42.5 Å². The highest BCUT2D eigenvalue weighted by Gasteiger charge is 2.19. The van der Waals surface area contributed by atoms with Crippen LogP contribution in [0.2, 0.25) is 5.02 Å². The highest BCUT2D eigenvalue weighted by atomic mass is 35.5. The van der Waals surface area contributed by atoms with E-state index in [1.807, 2.05) is 19.9 Å². The second-order valence-electron chi connectivity index (χ2n) is 6.19. The molecule has 0 radical (unpaired) electrons. The van der Waals surface area contributed by atoms with E-state index in [4.69, 9.17) is 16.3 Å². The van der Waals surface area contributed by atoms with Crippen molar-refractivity contribution in [1.82, 2.24) is 0 Å². The first-order chi connectivity index (χ1) is 12.6. The van der Waals surface area contributed by atoms with Crippen molar-refractivity contribution in [2.45, 2.75) is 26.4 Å². The minimum absolute atomic E-state index is 0.283. The molecule has 0 spiro atoms. The van der Waals surface area contributed by atoms with Crippen molar-refractivity contribution in [3.63, 3.8) is 0 Å². The van der Waals surface area contributed by atoms with Crippen molar-refractivity contribution >= 4 is 38.9 Å². The molecular weight excluding hydrogens is 388 g/mol. The Kier molecular flexibility index (Phi) is 6.73. The molecule has 6 nitrogen and oxygen atoms in total. The van der Waals surface area contributed by atoms with E-state index >= 15 is 0 Å². The molecule has 1 amide bonds. The monoisotopic (exact) mass is 410 g/mol. The molecule has 8 heteroatoms. The molecule has 2 rings (SSSR count). The molecule has 2 aromatic rings. The number of benzene rings is 2. The van der Waals surface area contributed by atoms with Gasteiger partial charge < -0.3 is 10.1 Å². The van der Waals surface area contributed by atoms with E-state index < -0.39 is 16.1 Å². The Morgan fingerprint density at radius 1 is 1.22 bits per heavy atom. The summed E-state index contributed by atoms with van der Waals surface area (Å²) in [5, 5.41) is 3.37. The van der Waals surface area contributed by atoms with Crippen LogP contribution in [-0.2, 0) is 14.8 Å². The van der Waals surface area contributed by atoms with E-state index in [0.29, 0.717) is 28.6 Å². The van der Waals surface area contributed by atoms with Gasteiger partial charge in [-0.3, -0.25) is 9.10 Å². The Morgan fingerprint density at radius 3 is 2.37 bits per heavy atom. The third kappa shape index (κ3) is 5.61. The van der Waals surface area contributed by atoms with E-state index in [9.17, 15) is 13.2 Å². The summed E-state index contributed by atoms with van der Waals surface area (Å²) in [5.74, 6) is 0.194. The van der Waals surface area contributed by atoms with E-state index in [0.717, 1.165) is 11.8 Å². The van der Waals surface area contributed by atoms with Gasteiger partial charge in [-0.05, 0) is 55.3 Å². The fourth-order valence-electron chi connectivity index (χ4n) is 2.31. The molecule has 0 unspecified atom stereocenters. The molecule has 0 fully saturated rings. The summed E-state index contributed by atoms with van der Waals surface area (Å²) in [6.45, 7) is 3.73. The van der Waals surface area contributed by atoms with Gasteiger partial charge in [-0.25, -0.2) is 8.42 Å². The molecule has 2 aromatic carbocycles. The van der Waals surface area contributed by atoms with Crippen LogP contribution in [-0.4, -0.2) is 33.7 Å². The van der Waals surface area contributed by atoms with E-state index in [-0.39, 0.29) is 5.91 Å². The molecule has 1 N–H and O–H groups in total. The van der Waals surface area contributed by atoms with Crippen molar-refractivity contribution in [2.75, 3.05) is 22.9 Å². The quantitative estimate of drug-likeness (QED) is 0.752. The van der Waals surface area contributed by atoms with Gasteiger partial charge in [0.2, 0.25) is 10.0 Å². The second-order valence-corrected chi connectivity index (χ2v) is 8.61. The maximum atomic E-state index is 12.5. The van der Waals surface area contributed by atoms with Crippen molar-refractivity contribution < 1.29 is 17.9 Å². The fraction of sp³-hybridized carbons (Fsp3) is 0.316. The average molecular weight is 411 g/mol. The lowest BCUT2D eigenvalue weighted by molar-refractivity contribution is -0.122. The van der Waals surface area contributed by atoms with Gasteiger partial charge in [0.15, 0.2) is 6.10 Å². The van der Waals surface area contributed by atoms with Crippen molar-refractivity contribution in [3.8, 4) is 5.75 Å². The lowest BCUT2D eigenvalue weighted by Crippen LogP contribution is -2.32. The summed E-state index contributed by atoms with van der Waals surface area (Å²) in [6.07, 6.45) is 0.909. The maximum absolute atomic E-state index is 12.5. The number of amides is 1. The van der Waals surface area contributed by atoms with Crippen molar-refractivity contribution in [3.05, 3.63) is 53.1 Å². The lowest BCUT2D eigenvalue weighted by atomic mass is 10.2. The summed E-state index contributed by atoms with van der Waals surface area (Å²) in [4.78, 5) is 12.5. The van der Waals surface area contributed by atoms with E-state index in [1.165, 1.54) is 11.4 Å². The molecule has 0 aliphatic rings. The Hall–Kier alpha value is -2.25. The molecule has 0 saturated heterocycles. The van der Waals surface area contributed by atoms with Crippen molar-refractivity contribution in [1.29, 1.82) is 0 Å². The van der Waals surface area contributed by atoms with Crippen LogP contribution in [0, 0.1) is 6.92 Å². The number of sulfonamides is 1. The smallest absolute Gasteiger partial charge is 0.265 e. The van der Waals surface area contributed by atoms with Gasteiger partial charge in [0, 0.05) is 17.8 Å². The number of anilines is 2. The number of halogens is 1. The summed E-state index contributed by atoms with van der Waals surface area (Å²) in [6, 6.07) is 11.8. The maximum Gasteiger partial charge on any atom is 0.265 e. The first-order valence-corrected chi connectivity index (χ1v) is 10.6.